The predicted octanol–water partition coefficient (Wildman–Crippen LogP) is 3.51. The number of benzene rings is 1. The third kappa shape index (κ3) is 2.63. The number of rotatable bonds is 6. The van der Waals surface area contributed by atoms with Crippen LogP contribution in [0.2, 0.25) is 0 Å². The summed E-state index contributed by atoms with van der Waals surface area (Å²) in [4.78, 5) is 4.32. The van der Waals surface area contributed by atoms with Gasteiger partial charge in [-0.15, -0.1) is 0 Å². The van der Waals surface area contributed by atoms with Crippen LogP contribution in [0.4, 0.5) is 0 Å². The first-order valence-electron chi connectivity index (χ1n) is 7.55. The smallest absolute Gasteiger partial charge is 0.0948 e. The zero-order valence-electron chi connectivity index (χ0n) is 12.1. The Morgan fingerprint density at radius 3 is 2.70 bits per heavy atom. The Morgan fingerprint density at radius 2 is 2.05 bits per heavy atom. The van der Waals surface area contributed by atoms with Crippen LogP contribution in [0.1, 0.15) is 49.9 Å². The molecule has 0 aliphatic heterocycles. The van der Waals surface area contributed by atoms with Gasteiger partial charge in [-0.3, -0.25) is 0 Å². The number of nitrogens with two attached hydrogens (primary N) is 1. The Labute approximate surface area is 120 Å². The van der Waals surface area contributed by atoms with Gasteiger partial charge in [0.2, 0.25) is 0 Å². The zero-order chi connectivity index (χ0) is 14.0. The minimum Gasteiger partial charge on any atom is -0.332 e. The second-order valence-electron chi connectivity index (χ2n) is 6.08. The van der Waals surface area contributed by atoms with E-state index >= 15 is 0 Å². The van der Waals surface area contributed by atoms with Crippen molar-refractivity contribution in [2.24, 2.45) is 11.1 Å². The average molecular weight is 269 g/mol. The van der Waals surface area contributed by atoms with Crippen LogP contribution in [0.15, 0.2) is 42.9 Å². The Bertz CT molecular complexity index is 555. The van der Waals surface area contributed by atoms with Crippen molar-refractivity contribution in [2.75, 3.05) is 0 Å². The molecule has 0 bridgehead atoms. The van der Waals surface area contributed by atoms with Gasteiger partial charge in [-0.05, 0) is 30.2 Å². The Morgan fingerprint density at radius 1 is 1.30 bits per heavy atom. The molecule has 1 fully saturated rings. The lowest BCUT2D eigenvalue weighted by Gasteiger charge is -2.20. The molecule has 1 heterocycles. The first-order chi connectivity index (χ1) is 9.74. The van der Waals surface area contributed by atoms with E-state index in [0.717, 1.165) is 17.8 Å². The SMILES string of the molecule is CCCC1(Cn2cncc2C(N)c2ccccc2)CC1. The van der Waals surface area contributed by atoms with Crippen LogP contribution in [-0.4, -0.2) is 9.55 Å². The fourth-order valence-corrected chi connectivity index (χ4v) is 3.11. The van der Waals surface area contributed by atoms with Crippen LogP contribution < -0.4 is 5.73 Å². The summed E-state index contributed by atoms with van der Waals surface area (Å²) in [5, 5.41) is 0. The molecule has 0 amide bonds. The molecule has 3 heteroatoms. The average Bonchev–Trinajstić information content (AvgIpc) is 3.07. The van der Waals surface area contributed by atoms with Crippen LogP contribution in [0.3, 0.4) is 0 Å². The van der Waals surface area contributed by atoms with Gasteiger partial charge in [0.25, 0.3) is 0 Å². The molecule has 0 radical (unpaired) electrons. The molecular formula is C17H23N3. The molecule has 1 unspecified atom stereocenters. The minimum atomic E-state index is -0.0869. The van der Waals surface area contributed by atoms with Gasteiger partial charge in [-0.25, -0.2) is 4.98 Å². The second kappa shape index (κ2) is 5.41. The van der Waals surface area contributed by atoms with E-state index in [9.17, 15) is 0 Å². The lowest BCUT2D eigenvalue weighted by atomic mass is 10.00. The monoisotopic (exact) mass is 269 g/mol. The summed E-state index contributed by atoms with van der Waals surface area (Å²) in [6.45, 7) is 3.33. The quantitative estimate of drug-likeness (QED) is 0.872. The highest BCUT2D eigenvalue weighted by Gasteiger charge is 2.42. The molecule has 1 saturated carbocycles. The Kier molecular flexibility index (Phi) is 3.62. The van der Waals surface area contributed by atoms with E-state index in [2.05, 4.69) is 28.6 Å². The van der Waals surface area contributed by atoms with Gasteiger partial charge in [0.1, 0.15) is 0 Å². The van der Waals surface area contributed by atoms with Crippen LogP contribution in [-0.2, 0) is 6.54 Å². The third-order valence-corrected chi connectivity index (χ3v) is 4.47. The summed E-state index contributed by atoms with van der Waals surface area (Å²) in [6, 6.07) is 10.2. The summed E-state index contributed by atoms with van der Waals surface area (Å²) in [7, 11) is 0. The summed E-state index contributed by atoms with van der Waals surface area (Å²) >= 11 is 0. The van der Waals surface area contributed by atoms with Crippen molar-refractivity contribution >= 4 is 0 Å². The van der Waals surface area contributed by atoms with Gasteiger partial charge in [0.05, 0.1) is 24.3 Å². The molecule has 20 heavy (non-hydrogen) atoms. The molecule has 1 aromatic heterocycles. The van der Waals surface area contributed by atoms with Crippen molar-refractivity contribution in [1.82, 2.24) is 9.55 Å². The van der Waals surface area contributed by atoms with Gasteiger partial charge in [-0.2, -0.15) is 0 Å². The number of aromatic nitrogens is 2. The van der Waals surface area contributed by atoms with Crippen molar-refractivity contribution in [3.63, 3.8) is 0 Å². The normalized spacial score (nSPS) is 17.9. The van der Waals surface area contributed by atoms with Crippen LogP contribution >= 0.6 is 0 Å². The number of hydrogen-bond acceptors (Lipinski definition) is 2. The maximum Gasteiger partial charge on any atom is 0.0948 e. The molecule has 0 saturated heterocycles. The van der Waals surface area contributed by atoms with Crippen LogP contribution in [0.25, 0.3) is 0 Å². The van der Waals surface area contributed by atoms with E-state index < -0.39 is 0 Å². The molecule has 0 spiro atoms. The molecule has 1 atom stereocenters. The molecular weight excluding hydrogens is 246 g/mol. The minimum absolute atomic E-state index is 0.0869. The lowest BCUT2D eigenvalue weighted by molar-refractivity contribution is 0.380. The summed E-state index contributed by atoms with van der Waals surface area (Å²) in [5.74, 6) is 0. The van der Waals surface area contributed by atoms with Crippen molar-refractivity contribution in [2.45, 2.75) is 45.2 Å². The molecule has 3 nitrogen and oxygen atoms in total. The van der Waals surface area contributed by atoms with E-state index in [0.29, 0.717) is 5.41 Å². The molecule has 1 aliphatic rings. The number of nitrogens with zero attached hydrogens (tertiary/aromatic N) is 2. The van der Waals surface area contributed by atoms with Gasteiger partial charge < -0.3 is 10.3 Å². The largest absolute Gasteiger partial charge is 0.332 e. The molecule has 1 aliphatic carbocycles. The fraction of sp³-hybridized carbons (Fsp3) is 0.471. The Hall–Kier alpha value is -1.61. The second-order valence-corrected chi connectivity index (χ2v) is 6.08. The van der Waals surface area contributed by atoms with Crippen molar-refractivity contribution in [1.29, 1.82) is 0 Å². The first kappa shape index (κ1) is 13.4. The van der Waals surface area contributed by atoms with E-state index in [1.54, 1.807) is 0 Å². The topological polar surface area (TPSA) is 43.8 Å². The van der Waals surface area contributed by atoms with Gasteiger partial charge in [-0.1, -0.05) is 43.7 Å². The van der Waals surface area contributed by atoms with Gasteiger partial charge in [0, 0.05) is 6.54 Å². The highest BCUT2D eigenvalue weighted by Crippen LogP contribution is 2.51. The molecule has 2 aromatic rings. The summed E-state index contributed by atoms with van der Waals surface area (Å²) in [5.41, 5.74) is 9.20. The number of imidazole rings is 1. The van der Waals surface area contributed by atoms with E-state index in [4.69, 9.17) is 5.73 Å². The standard InChI is InChI=1S/C17H23N3/c1-2-8-17(9-10-17)12-20-13-19-11-15(20)16(18)14-6-4-3-5-7-14/h3-7,11,13,16H,2,8-10,12,18H2,1H3. The summed E-state index contributed by atoms with van der Waals surface area (Å²) in [6.07, 6.45) is 9.12. The van der Waals surface area contributed by atoms with E-state index in [-0.39, 0.29) is 6.04 Å². The highest BCUT2D eigenvalue weighted by molar-refractivity contribution is 5.26. The van der Waals surface area contributed by atoms with E-state index in [1.807, 2.05) is 30.7 Å². The van der Waals surface area contributed by atoms with Crippen LogP contribution in [0.5, 0.6) is 0 Å². The first-order valence-corrected chi connectivity index (χ1v) is 7.55. The maximum absolute atomic E-state index is 6.41. The van der Waals surface area contributed by atoms with Crippen molar-refractivity contribution in [3.05, 3.63) is 54.1 Å². The van der Waals surface area contributed by atoms with Crippen molar-refractivity contribution < 1.29 is 0 Å². The lowest BCUT2D eigenvalue weighted by Crippen LogP contribution is -2.19. The fourth-order valence-electron chi connectivity index (χ4n) is 3.11. The third-order valence-electron chi connectivity index (χ3n) is 4.47. The molecule has 1 aromatic carbocycles. The highest BCUT2D eigenvalue weighted by atomic mass is 15.1. The number of hydrogen-bond donors (Lipinski definition) is 1. The summed E-state index contributed by atoms with van der Waals surface area (Å²) < 4.78 is 2.26. The maximum atomic E-state index is 6.41. The van der Waals surface area contributed by atoms with Crippen LogP contribution in [0, 0.1) is 5.41 Å². The molecule has 106 valence electrons. The van der Waals surface area contributed by atoms with Crippen molar-refractivity contribution in [3.8, 4) is 0 Å². The molecule has 3 rings (SSSR count). The van der Waals surface area contributed by atoms with E-state index in [1.165, 1.54) is 25.7 Å². The predicted molar refractivity (Wildman–Crippen MR) is 81.3 cm³/mol. The zero-order valence-corrected chi connectivity index (χ0v) is 12.1. The molecule has 2 N–H and O–H groups in total. The van der Waals surface area contributed by atoms with Gasteiger partial charge in [0.15, 0.2) is 0 Å². The Balaban J connectivity index is 1.80. The van der Waals surface area contributed by atoms with Gasteiger partial charge >= 0.3 is 0 Å².